The van der Waals surface area contributed by atoms with Gasteiger partial charge in [-0.2, -0.15) is 0 Å². The van der Waals surface area contributed by atoms with Crippen molar-refractivity contribution in [3.8, 4) is 0 Å². The molecule has 0 amide bonds. The van der Waals surface area contributed by atoms with E-state index in [-0.39, 0.29) is 12.2 Å². The van der Waals surface area contributed by atoms with E-state index in [9.17, 15) is 10.2 Å². The topological polar surface area (TPSA) is 58.9 Å². The summed E-state index contributed by atoms with van der Waals surface area (Å²) in [5, 5.41) is 18.4. The number of fused-ring (bicyclic) bond motifs is 3. The summed E-state index contributed by atoms with van der Waals surface area (Å²) in [6.07, 6.45) is -0.591. The molecule has 58 valence electrons. The number of aliphatic hydroxyl groups is 2. The summed E-state index contributed by atoms with van der Waals surface area (Å²) in [5.41, 5.74) is 0. The lowest BCUT2D eigenvalue weighted by atomic mass is 9.89. The van der Waals surface area contributed by atoms with E-state index >= 15 is 0 Å². The molecule has 2 heterocycles. The third-order valence-corrected chi connectivity index (χ3v) is 2.15. The van der Waals surface area contributed by atoms with Crippen molar-refractivity contribution < 1.29 is 20.0 Å². The summed E-state index contributed by atoms with van der Waals surface area (Å²) in [4.78, 5) is 9.50. The van der Waals surface area contributed by atoms with Crippen molar-refractivity contribution in [2.24, 2.45) is 0 Å². The highest BCUT2D eigenvalue weighted by molar-refractivity contribution is 4.90. The fraction of sp³-hybridized carbons (Fsp3) is 1.00. The van der Waals surface area contributed by atoms with E-state index in [1.165, 1.54) is 0 Å². The van der Waals surface area contributed by atoms with Gasteiger partial charge in [-0.3, -0.25) is 0 Å². The predicted molar refractivity (Wildman–Crippen MR) is 31.0 cm³/mol. The first kappa shape index (κ1) is 6.54. The molecule has 0 aromatic heterocycles. The van der Waals surface area contributed by atoms with Crippen LogP contribution in [0.25, 0.3) is 0 Å². The van der Waals surface area contributed by atoms with Gasteiger partial charge in [-0.1, -0.05) is 0 Å². The summed E-state index contributed by atoms with van der Waals surface area (Å²) < 4.78 is 0. The van der Waals surface area contributed by atoms with E-state index in [2.05, 4.69) is 0 Å². The van der Waals surface area contributed by atoms with Gasteiger partial charge in [-0.05, 0) is 12.8 Å². The van der Waals surface area contributed by atoms with Crippen molar-refractivity contribution in [2.45, 2.75) is 37.3 Å². The molecule has 0 unspecified atom stereocenters. The van der Waals surface area contributed by atoms with Crippen LogP contribution in [0, 0.1) is 0 Å². The number of rotatable bonds is 0. The van der Waals surface area contributed by atoms with Gasteiger partial charge in [-0.15, -0.1) is 0 Å². The van der Waals surface area contributed by atoms with Crippen LogP contribution in [-0.2, 0) is 9.78 Å². The zero-order chi connectivity index (χ0) is 7.14. The fourth-order valence-corrected chi connectivity index (χ4v) is 1.46. The molecule has 3 fully saturated rings. The lowest BCUT2D eigenvalue weighted by Crippen LogP contribution is -2.56. The largest absolute Gasteiger partial charge is 0.387 e. The minimum atomic E-state index is -0.757. The Morgan fingerprint density at radius 3 is 1.50 bits per heavy atom. The highest BCUT2D eigenvalue weighted by Gasteiger charge is 2.44. The Bertz CT molecular complexity index is 110. The Labute approximate surface area is 58.3 Å². The molecule has 2 N–H and O–H groups in total. The first-order valence-corrected chi connectivity index (χ1v) is 3.47. The fourth-order valence-electron chi connectivity index (χ4n) is 1.46. The van der Waals surface area contributed by atoms with Crippen molar-refractivity contribution in [1.82, 2.24) is 0 Å². The van der Waals surface area contributed by atoms with Crippen LogP contribution in [-0.4, -0.2) is 34.6 Å². The maximum absolute atomic E-state index is 9.21. The van der Waals surface area contributed by atoms with Crippen LogP contribution >= 0.6 is 0 Å². The van der Waals surface area contributed by atoms with Gasteiger partial charge in [0.05, 0.1) is 0 Å². The molecule has 3 rings (SSSR count). The zero-order valence-electron chi connectivity index (χ0n) is 5.43. The van der Waals surface area contributed by atoms with Crippen LogP contribution in [0.1, 0.15) is 12.8 Å². The Hall–Kier alpha value is -0.160. The van der Waals surface area contributed by atoms with Crippen LogP contribution < -0.4 is 0 Å². The molecule has 4 nitrogen and oxygen atoms in total. The Morgan fingerprint density at radius 2 is 1.30 bits per heavy atom. The second-order valence-electron chi connectivity index (χ2n) is 2.83. The quantitative estimate of drug-likeness (QED) is 0.439. The molecular weight excluding hydrogens is 136 g/mol. The molecule has 0 aromatic rings. The smallest absolute Gasteiger partial charge is 0.121 e. The van der Waals surface area contributed by atoms with Gasteiger partial charge < -0.3 is 10.2 Å². The summed E-state index contributed by atoms with van der Waals surface area (Å²) in [5.74, 6) is 0. The van der Waals surface area contributed by atoms with Gasteiger partial charge in [0.25, 0.3) is 0 Å². The Balaban J connectivity index is 2.13. The van der Waals surface area contributed by atoms with Crippen molar-refractivity contribution in [2.75, 3.05) is 0 Å². The van der Waals surface area contributed by atoms with Crippen LogP contribution in [0.2, 0.25) is 0 Å². The Morgan fingerprint density at radius 1 is 0.900 bits per heavy atom. The zero-order valence-corrected chi connectivity index (χ0v) is 5.43. The summed E-state index contributed by atoms with van der Waals surface area (Å²) in [7, 11) is 0. The van der Waals surface area contributed by atoms with E-state index in [1.54, 1.807) is 0 Å². The predicted octanol–water partition coefficient (Wildman–Crippen LogP) is -0.799. The lowest BCUT2D eigenvalue weighted by Gasteiger charge is -2.41. The van der Waals surface area contributed by atoms with E-state index in [0.29, 0.717) is 0 Å². The van der Waals surface area contributed by atoms with Crippen LogP contribution in [0.5, 0.6) is 0 Å². The van der Waals surface area contributed by atoms with Crippen molar-refractivity contribution in [1.29, 1.82) is 0 Å². The maximum atomic E-state index is 9.21. The van der Waals surface area contributed by atoms with E-state index in [0.717, 1.165) is 12.8 Å². The number of hydrogen-bond donors (Lipinski definition) is 2. The number of aliphatic hydroxyl groups excluding tert-OH is 2. The third kappa shape index (κ3) is 0.769. The van der Waals surface area contributed by atoms with Crippen LogP contribution in [0.4, 0.5) is 0 Å². The second-order valence-corrected chi connectivity index (χ2v) is 2.83. The Kier molecular flexibility index (Phi) is 1.42. The third-order valence-electron chi connectivity index (χ3n) is 2.15. The second kappa shape index (κ2) is 2.17. The molecule has 0 spiro atoms. The van der Waals surface area contributed by atoms with Crippen molar-refractivity contribution in [3.63, 3.8) is 0 Å². The van der Waals surface area contributed by atoms with Gasteiger partial charge in [-0.25, -0.2) is 9.78 Å². The van der Waals surface area contributed by atoms with Gasteiger partial charge in [0, 0.05) is 0 Å². The molecular formula is C6H10O4. The molecule has 3 aliphatic rings. The average molecular weight is 146 g/mol. The highest BCUT2D eigenvalue weighted by Crippen LogP contribution is 2.30. The molecule has 10 heavy (non-hydrogen) atoms. The average Bonchev–Trinajstić information content (AvgIpc) is 2.00. The molecule has 4 atom stereocenters. The first-order chi connectivity index (χ1) is 4.79. The normalized spacial score (nSPS) is 53.4. The molecule has 0 aromatic carbocycles. The molecule has 1 aliphatic carbocycles. The standard InChI is InChI=1S/C6H10O4/c7-5-3-1-2-4(6(5)8)10-9-3/h3-8H,1-2H2/t3-,4+,5+,6-. The lowest BCUT2D eigenvalue weighted by molar-refractivity contribution is -0.434. The summed E-state index contributed by atoms with van der Waals surface area (Å²) in [6.45, 7) is 0. The minimum Gasteiger partial charge on any atom is -0.387 e. The van der Waals surface area contributed by atoms with E-state index in [1.807, 2.05) is 0 Å². The van der Waals surface area contributed by atoms with Crippen LogP contribution in [0.3, 0.4) is 0 Å². The monoisotopic (exact) mass is 146 g/mol. The van der Waals surface area contributed by atoms with Gasteiger partial charge in [0.2, 0.25) is 0 Å². The molecule has 2 saturated heterocycles. The molecule has 0 radical (unpaired) electrons. The van der Waals surface area contributed by atoms with E-state index < -0.39 is 12.2 Å². The van der Waals surface area contributed by atoms with Crippen LogP contribution in [0.15, 0.2) is 0 Å². The molecule has 4 heteroatoms. The molecule has 1 saturated carbocycles. The SMILES string of the molecule is O[C@@H]1[C@H](O)[C@@H]2CC[C@H]1OO2. The maximum Gasteiger partial charge on any atom is 0.121 e. The molecule has 2 aliphatic heterocycles. The van der Waals surface area contributed by atoms with Crippen molar-refractivity contribution in [3.05, 3.63) is 0 Å². The highest BCUT2D eigenvalue weighted by atomic mass is 17.2. The van der Waals surface area contributed by atoms with E-state index in [4.69, 9.17) is 9.78 Å². The van der Waals surface area contributed by atoms with Gasteiger partial charge >= 0.3 is 0 Å². The van der Waals surface area contributed by atoms with Gasteiger partial charge in [0.15, 0.2) is 0 Å². The van der Waals surface area contributed by atoms with Gasteiger partial charge in [0.1, 0.15) is 24.4 Å². The minimum absolute atomic E-state index is 0.319. The first-order valence-electron chi connectivity index (χ1n) is 3.47. The number of hydrogen-bond acceptors (Lipinski definition) is 4. The summed E-state index contributed by atoms with van der Waals surface area (Å²) >= 11 is 0. The summed E-state index contributed by atoms with van der Waals surface area (Å²) in [6, 6.07) is 0. The molecule has 2 bridgehead atoms. The van der Waals surface area contributed by atoms with Crippen molar-refractivity contribution >= 4 is 0 Å².